The van der Waals surface area contributed by atoms with E-state index in [0.717, 1.165) is 141 Å². The number of hydrogen-bond donors (Lipinski definition) is 6. The van der Waals surface area contributed by atoms with E-state index in [1.54, 1.807) is 0 Å². The van der Waals surface area contributed by atoms with Gasteiger partial charge in [0.15, 0.2) is 0 Å². The number of esters is 2. The summed E-state index contributed by atoms with van der Waals surface area (Å²) in [4.78, 5) is 89.1. The monoisotopic (exact) mass is 1630 g/mol. The maximum absolute atomic E-state index is 13.6. The highest BCUT2D eigenvalue weighted by Gasteiger charge is 2.30. The summed E-state index contributed by atoms with van der Waals surface area (Å²) in [5.74, 6) is -0.959. The molecule has 0 fully saturated rings. The van der Waals surface area contributed by atoms with Crippen molar-refractivity contribution in [2.24, 2.45) is 0 Å². The van der Waals surface area contributed by atoms with E-state index < -0.39 is 59.2 Å². The lowest BCUT2D eigenvalue weighted by molar-refractivity contribution is -0.151. The van der Waals surface area contributed by atoms with Gasteiger partial charge in [0.25, 0.3) is 0 Å². The van der Waals surface area contributed by atoms with Gasteiger partial charge in [-0.1, -0.05) is 401 Å². The number of phosphoric acid groups is 2. The van der Waals surface area contributed by atoms with E-state index in [0.29, 0.717) is 38.5 Å². The summed E-state index contributed by atoms with van der Waals surface area (Å²) in [6.45, 7) is 11.4. The van der Waals surface area contributed by atoms with Crippen LogP contribution >= 0.6 is 15.6 Å². The van der Waals surface area contributed by atoms with Crippen LogP contribution in [0.5, 0.6) is 0 Å². The van der Waals surface area contributed by atoms with Crippen LogP contribution in [0.25, 0.3) is 0 Å². The Balaban J connectivity index is 5.93. The van der Waals surface area contributed by atoms with E-state index >= 15 is 0 Å². The second-order valence-corrected chi connectivity index (χ2v) is 35.9. The molecule has 112 heavy (non-hydrogen) atoms. The molecule has 0 heterocycles. The van der Waals surface area contributed by atoms with Crippen molar-refractivity contribution in [1.29, 1.82) is 0 Å². The smallest absolute Gasteiger partial charge is 0.462 e. The van der Waals surface area contributed by atoms with Crippen molar-refractivity contribution in [2.75, 3.05) is 39.5 Å². The van der Waals surface area contributed by atoms with Gasteiger partial charge in [0.05, 0.1) is 38.5 Å². The molecule has 0 aromatic carbocycles. The van der Waals surface area contributed by atoms with Gasteiger partial charge < -0.3 is 40.5 Å². The molecule has 0 radical (unpaired) electrons. The third-order valence-corrected chi connectivity index (χ3v) is 23.8. The van der Waals surface area contributed by atoms with Crippen LogP contribution in [0, 0.1) is 0 Å². The number of hydrogen-bond acceptors (Lipinski definition) is 13. The molecular formula is C91H180N4O15P2. The molecular weight excluding hydrogens is 1450 g/mol. The molecule has 0 bridgehead atoms. The van der Waals surface area contributed by atoms with Crippen LogP contribution in [0.1, 0.15) is 491 Å². The maximum Gasteiger partial charge on any atom is 0.472 e. The summed E-state index contributed by atoms with van der Waals surface area (Å²) < 4.78 is 61.0. The molecule has 21 heteroatoms. The summed E-state index contributed by atoms with van der Waals surface area (Å²) in [5.41, 5.74) is 0. The Morgan fingerprint density at radius 2 is 0.482 bits per heavy atom. The molecule has 0 aromatic heterocycles. The predicted molar refractivity (Wildman–Crippen MR) is 466 cm³/mol. The molecule has 0 spiro atoms. The van der Waals surface area contributed by atoms with Crippen molar-refractivity contribution in [2.45, 2.75) is 515 Å². The molecule has 6 N–H and O–H groups in total. The Bertz CT molecular complexity index is 2060. The van der Waals surface area contributed by atoms with Crippen molar-refractivity contribution < 1.29 is 70.5 Å². The first-order chi connectivity index (χ1) is 54.5. The number of rotatable bonds is 90. The zero-order chi connectivity index (χ0) is 82.0. The van der Waals surface area contributed by atoms with Crippen molar-refractivity contribution in [3.8, 4) is 0 Å². The Morgan fingerprint density at radius 1 is 0.277 bits per heavy atom. The molecule has 0 rings (SSSR count). The van der Waals surface area contributed by atoms with Gasteiger partial charge in [0.1, 0.15) is 12.2 Å². The Kier molecular flexibility index (Phi) is 81.5. The number of amides is 4. The number of ether oxygens (including phenoxy) is 2. The van der Waals surface area contributed by atoms with Gasteiger partial charge in [-0.25, -0.2) is 13.9 Å². The number of urea groups is 1. The Hall–Kier alpha value is -2.63. The number of carbonyl (C=O) groups is 5. The first-order valence-electron chi connectivity index (χ1n) is 47.8. The SMILES string of the molecule is CCCCCCCCCCCCCCC(=O)OC(CCCCCCCCCC)CC(COP(=O)(O)OCCNC(=O)NCCOP(=O)(O)OCC(CC(CCCCCCCCCC)OC(=O)CCCCCCCCCCCCCC)NC(=O)CCCCCCCCCCCCC)NC(=O)CCCCCCCCCCCCC. The summed E-state index contributed by atoms with van der Waals surface area (Å²) in [6, 6.07) is -2.23. The molecule has 0 aromatic rings. The average Bonchev–Trinajstić information content (AvgIpc) is 0.897. The molecule has 0 aliphatic carbocycles. The zero-order valence-corrected chi connectivity index (χ0v) is 75.4. The fraction of sp³-hybridized carbons (Fsp3) is 0.945. The minimum atomic E-state index is -4.74. The fourth-order valence-electron chi connectivity index (χ4n) is 14.8. The summed E-state index contributed by atoms with van der Waals surface area (Å²) >= 11 is 0. The van der Waals surface area contributed by atoms with Gasteiger partial charge in [0, 0.05) is 51.6 Å². The van der Waals surface area contributed by atoms with Crippen LogP contribution in [-0.4, -0.2) is 103 Å². The van der Waals surface area contributed by atoms with Crippen LogP contribution in [-0.2, 0) is 55.9 Å². The average molecular weight is 1630 g/mol. The first-order valence-corrected chi connectivity index (χ1v) is 50.7. The van der Waals surface area contributed by atoms with Gasteiger partial charge in [-0.3, -0.25) is 37.3 Å². The van der Waals surface area contributed by atoms with E-state index in [1.165, 1.54) is 244 Å². The third kappa shape index (κ3) is 79.8. The lowest BCUT2D eigenvalue weighted by Crippen LogP contribution is -2.41. The molecule has 0 aliphatic rings. The molecule has 0 saturated carbocycles. The lowest BCUT2D eigenvalue weighted by Gasteiger charge is -2.26. The molecule has 0 aliphatic heterocycles. The van der Waals surface area contributed by atoms with Gasteiger partial charge >= 0.3 is 33.6 Å². The van der Waals surface area contributed by atoms with E-state index in [2.05, 4.69) is 62.8 Å². The van der Waals surface area contributed by atoms with E-state index in [-0.39, 0.29) is 75.7 Å². The second kappa shape index (κ2) is 83.4. The molecule has 664 valence electrons. The van der Waals surface area contributed by atoms with Crippen molar-refractivity contribution in [3.63, 3.8) is 0 Å². The largest absolute Gasteiger partial charge is 0.472 e. The van der Waals surface area contributed by atoms with E-state index in [9.17, 15) is 42.9 Å². The molecule has 19 nitrogen and oxygen atoms in total. The highest BCUT2D eigenvalue weighted by atomic mass is 31.2. The van der Waals surface area contributed by atoms with Crippen LogP contribution in [0.3, 0.4) is 0 Å². The van der Waals surface area contributed by atoms with Crippen LogP contribution in [0.15, 0.2) is 0 Å². The number of unbranched alkanes of at least 4 members (excludes halogenated alkanes) is 56. The summed E-state index contributed by atoms with van der Waals surface area (Å²) in [6.07, 6.45) is 73.3. The van der Waals surface area contributed by atoms with Crippen molar-refractivity contribution in [3.05, 3.63) is 0 Å². The fourth-order valence-corrected chi connectivity index (χ4v) is 16.3. The molecule has 0 saturated heterocycles. The topological polar surface area (TPSA) is 263 Å². The van der Waals surface area contributed by atoms with Gasteiger partial charge in [-0.2, -0.15) is 0 Å². The second-order valence-electron chi connectivity index (χ2n) is 33.0. The predicted octanol–water partition coefficient (Wildman–Crippen LogP) is 26.8. The normalized spacial score (nSPS) is 13.8. The van der Waals surface area contributed by atoms with Crippen LogP contribution in [0.2, 0.25) is 0 Å². The number of nitrogens with one attached hydrogen (secondary N) is 4. The minimum absolute atomic E-state index is 0.199. The summed E-state index contributed by atoms with van der Waals surface area (Å²) in [7, 11) is -9.48. The highest BCUT2D eigenvalue weighted by molar-refractivity contribution is 7.47. The van der Waals surface area contributed by atoms with Crippen LogP contribution < -0.4 is 21.3 Å². The number of phosphoric ester groups is 2. The Morgan fingerprint density at radius 3 is 0.714 bits per heavy atom. The van der Waals surface area contributed by atoms with E-state index in [1.807, 2.05) is 0 Å². The third-order valence-electron chi connectivity index (χ3n) is 21.8. The van der Waals surface area contributed by atoms with Gasteiger partial charge in [-0.05, 0) is 51.4 Å². The summed E-state index contributed by atoms with van der Waals surface area (Å²) in [5, 5.41) is 11.2. The first kappa shape index (κ1) is 109. The molecule has 4 amide bonds. The molecule has 6 atom stereocenters. The van der Waals surface area contributed by atoms with Gasteiger partial charge in [0.2, 0.25) is 11.8 Å². The quantitative estimate of drug-likeness (QED) is 0.0188. The lowest BCUT2D eigenvalue weighted by atomic mass is 10.0. The van der Waals surface area contributed by atoms with Crippen molar-refractivity contribution in [1.82, 2.24) is 21.3 Å². The minimum Gasteiger partial charge on any atom is -0.462 e. The Labute approximate surface area is 688 Å². The zero-order valence-electron chi connectivity index (χ0n) is 73.6. The standard InChI is InChI=1S/C91H180N4O15P2/c1-7-13-19-25-31-37-41-45-49-55-61-67-73-89(98)109-85(69-63-57-51-35-29-23-17-11-5)79-83(94-87(96)71-65-59-53-47-43-39-33-27-21-15-9-3)81-107-111(101,102)105-77-75-92-91(100)93-76-78-106-112(103,104)108-82-84(95-88(97)72-66-60-54-48-44-40-34-28-22-16-10-4)80-86(70-64-58-52-36-30-24-18-12-6)110-90(99)74-68-62-56-50-46-42-38-32-26-20-14-8-2/h83-86H,7-82H2,1-6H3,(H,94,96)(H,95,97)(H,101,102)(H,103,104)(H2,92,93,100). The highest BCUT2D eigenvalue weighted by Crippen LogP contribution is 2.44. The van der Waals surface area contributed by atoms with Crippen molar-refractivity contribution >= 4 is 45.4 Å². The number of carbonyl (C=O) groups excluding carboxylic acids is 5. The maximum atomic E-state index is 13.6. The molecule has 6 unspecified atom stereocenters. The van der Waals surface area contributed by atoms with Crippen LogP contribution in [0.4, 0.5) is 4.79 Å². The van der Waals surface area contributed by atoms with Gasteiger partial charge in [-0.15, -0.1) is 0 Å². The van der Waals surface area contributed by atoms with E-state index in [4.69, 9.17) is 27.6 Å².